The fraction of sp³-hybridized carbons (Fsp3) is 0.864. The summed E-state index contributed by atoms with van der Waals surface area (Å²) in [5, 5.41) is 12.9. The van der Waals surface area contributed by atoms with E-state index in [0.717, 1.165) is 12.8 Å². The summed E-state index contributed by atoms with van der Waals surface area (Å²) in [6.07, 6.45) is 4.01. The number of esters is 1. The van der Waals surface area contributed by atoms with Crippen LogP contribution in [0.5, 0.6) is 0 Å². The number of nitrogens with zero attached hydrogens (tertiary/aromatic N) is 1. The molecule has 3 fully saturated rings. The van der Waals surface area contributed by atoms with E-state index in [1.165, 1.54) is 4.90 Å². The van der Waals surface area contributed by atoms with Crippen LogP contribution < -0.4 is 5.32 Å². The molecule has 170 valence electrons. The second kappa shape index (κ2) is 8.83. The number of carbonyl (C=O) groups excluding carboxylic acids is 3. The molecule has 2 N–H and O–H groups in total. The molecule has 0 aromatic carbocycles. The van der Waals surface area contributed by atoms with E-state index in [9.17, 15) is 19.5 Å². The van der Waals surface area contributed by atoms with E-state index < -0.39 is 41.1 Å². The van der Waals surface area contributed by atoms with Gasteiger partial charge in [0.15, 0.2) is 0 Å². The van der Waals surface area contributed by atoms with Crippen LogP contribution in [0.3, 0.4) is 0 Å². The maximum absolute atomic E-state index is 13.7. The Bertz CT molecular complexity index is 681. The first-order chi connectivity index (χ1) is 14.4. The summed E-state index contributed by atoms with van der Waals surface area (Å²) in [6, 6.07) is -1.35. The summed E-state index contributed by atoms with van der Waals surface area (Å²) in [7, 11) is 0. The second-order valence-electron chi connectivity index (χ2n) is 8.72. The van der Waals surface area contributed by atoms with E-state index >= 15 is 0 Å². The van der Waals surface area contributed by atoms with Crippen molar-refractivity contribution in [2.45, 2.75) is 89.5 Å². The van der Waals surface area contributed by atoms with Gasteiger partial charge in [-0.25, -0.2) is 0 Å². The highest BCUT2D eigenvalue weighted by atomic mass is 16.6. The number of rotatable bonds is 10. The van der Waals surface area contributed by atoms with Gasteiger partial charge >= 0.3 is 5.97 Å². The number of amides is 2. The molecule has 3 saturated heterocycles. The van der Waals surface area contributed by atoms with Crippen molar-refractivity contribution in [2.24, 2.45) is 11.8 Å². The van der Waals surface area contributed by atoms with Crippen LogP contribution in [0, 0.1) is 11.8 Å². The van der Waals surface area contributed by atoms with Crippen molar-refractivity contribution in [3.63, 3.8) is 0 Å². The van der Waals surface area contributed by atoms with Crippen LogP contribution in [-0.4, -0.2) is 70.8 Å². The number of aliphatic hydroxyl groups is 1. The van der Waals surface area contributed by atoms with Crippen LogP contribution in [0.15, 0.2) is 0 Å². The molecule has 3 heterocycles. The normalized spacial score (nSPS) is 35.4. The van der Waals surface area contributed by atoms with E-state index in [1.807, 2.05) is 20.8 Å². The zero-order valence-electron chi connectivity index (χ0n) is 18.6. The summed E-state index contributed by atoms with van der Waals surface area (Å²) in [5.74, 6) is -2.45. The number of hydrogen-bond acceptors (Lipinski definition) is 6. The molecule has 8 heteroatoms. The quantitative estimate of drug-likeness (QED) is 0.406. The van der Waals surface area contributed by atoms with Crippen molar-refractivity contribution >= 4 is 17.8 Å². The van der Waals surface area contributed by atoms with E-state index in [-0.39, 0.29) is 25.0 Å². The number of carbonyl (C=O) groups is 3. The van der Waals surface area contributed by atoms with Crippen molar-refractivity contribution in [1.82, 2.24) is 10.2 Å². The third-order valence-corrected chi connectivity index (χ3v) is 7.31. The van der Waals surface area contributed by atoms with E-state index in [4.69, 9.17) is 9.47 Å². The second-order valence-corrected chi connectivity index (χ2v) is 8.72. The molecule has 2 amide bonds. The Balaban J connectivity index is 2.05. The highest BCUT2D eigenvalue weighted by molar-refractivity contribution is 5.98. The Morgan fingerprint density at radius 3 is 2.60 bits per heavy atom. The molecule has 0 aromatic rings. The molecule has 3 aliphatic heterocycles. The van der Waals surface area contributed by atoms with Crippen molar-refractivity contribution < 1.29 is 29.0 Å². The average molecular weight is 425 g/mol. The van der Waals surface area contributed by atoms with Gasteiger partial charge in [-0.15, -0.1) is 0 Å². The maximum Gasteiger partial charge on any atom is 0.312 e. The summed E-state index contributed by atoms with van der Waals surface area (Å²) < 4.78 is 11.9. The maximum atomic E-state index is 13.7. The van der Waals surface area contributed by atoms with Crippen molar-refractivity contribution in [2.75, 3.05) is 19.8 Å². The fourth-order valence-electron chi connectivity index (χ4n) is 5.84. The molecule has 2 bridgehead atoms. The summed E-state index contributed by atoms with van der Waals surface area (Å²) in [5.41, 5.74) is -1.83. The molecule has 1 spiro atoms. The van der Waals surface area contributed by atoms with Gasteiger partial charge in [0.05, 0.1) is 30.8 Å². The molecule has 3 rings (SSSR count). The number of ether oxygens (including phenoxy) is 2. The molecular formula is C22H36N2O6. The average Bonchev–Trinajstić information content (AvgIpc) is 3.33. The molecule has 0 radical (unpaired) electrons. The van der Waals surface area contributed by atoms with E-state index in [1.54, 1.807) is 6.92 Å². The van der Waals surface area contributed by atoms with Crippen LogP contribution in [0.25, 0.3) is 0 Å². The zero-order valence-corrected chi connectivity index (χ0v) is 18.6. The van der Waals surface area contributed by atoms with E-state index in [0.29, 0.717) is 32.2 Å². The lowest BCUT2D eigenvalue weighted by atomic mass is 9.65. The monoisotopic (exact) mass is 424 g/mol. The van der Waals surface area contributed by atoms with Crippen molar-refractivity contribution in [3.8, 4) is 0 Å². The Hall–Kier alpha value is -1.67. The molecular weight excluding hydrogens is 388 g/mol. The topological polar surface area (TPSA) is 105 Å². The van der Waals surface area contributed by atoms with Gasteiger partial charge in [-0.3, -0.25) is 14.4 Å². The summed E-state index contributed by atoms with van der Waals surface area (Å²) in [6.45, 7) is 8.11. The van der Waals surface area contributed by atoms with Gasteiger partial charge < -0.3 is 24.8 Å². The molecule has 0 aliphatic carbocycles. The number of hydrogen-bond donors (Lipinski definition) is 2. The molecule has 0 aromatic heterocycles. The summed E-state index contributed by atoms with van der Waals surface area (Å²) >= 11 is 0. The van der Waals surface area contributed by atoms with Crippen LogP contribution in [-0.2, 0) is 23.9 Å². The first-order valence-electron chi connectivity index (χ1n) is 11.4. The van der Waals surface area contributed by atoms with Gasteiger partial charge in [-0.1, -0.05) is 27.2 Å². The molecule has 0 saturated carbocycles. The molecule has 30 heavy (non-hydrogen) atoms. The van der Waals surface area contributed by atoms with Gasteiger partial charge in [-0.05, 0) is 39.0 Å². The van der Waals surface area contributed by atoms with Gasteiger partial charge in [-0.2, -0.15) is 0 Å². The number of nitrogens with one attached hydrogen (secondary N) is 1. The minimum atomic E-state index is -1.05. The van der Waals surface area contributed by atoms with Crippen molar-refractivity contribution in [1.29, 1.82) is 0 Å². The minimum absolute atomic E-state index is 0.224. The number of unbranched alkanes of at least 4 members (excludes halogenated alkanes) is 1. The molecule has 2 unspecified atom stereocenters. The number of fused-ring (bicyclic) bond motifs is 1. The van der Waals surface area contributed by atoms with Gasteiger partial charge in [0.2, 0.25) is 11.8 Å². The predicted molar refractivity (Wildman–Crippen MR) is 109 cm³/mol. The smallest absolute Gasteiger partial charge is 0.312 e. The van der Waals surface area contributed by atoms with Crippen LogP contribution in [0.2, 0.25) is 0 Å². The highest BCUT2D eigenvalue weighted by Gasteiger charge is 2.79. The number of aliphatic hydroxyl groups excluding tert-OH is 1. The summed E-state index contributed by atoms with van der Waals surface area (Å²) in [4.78, 5) is 41.5. The van der Waals surface area contributed by atoms with E-state index in [2.05, 4.69) is 5.32 Å². The highest BCUT2D eigenvalue weighted by Crippen LogP contribution is 2.64. The van der Waals surface area contributed by atoms with Gasteiger partial charge in [0, 0.05) is 6.54 Å². The lowest BCUT2D eigenvalue weighted by Gasteiger charge is -2.37. The fourth-order valence-corrected chi connectivity index (χ4v) is 5.84. The van der Waals surface area contributed by atoms with Crippen molar-refractivity contribution in [3.05, 3.63) is 0 Å². The Kier molecular flexibility index (Phi) is 6.77. The molecule has 8 nitrogen and oxygen atoms in total. The van der Waals surface area contributed by atoms with Gasteiger partial charge in [0.25, 0.3) is 0 Å². The predicted octanol–water partition coefficient (Wildman–Crippen LogP) is 1.39. The number of likely N-dealkylation sites (tertiary alicyclic amines) is 1. The largest absolute Gasteiger partial charge is 0.466 e. The van der Waals surface area contributed by atoms with Crippen LogP contribution >= 0.6 is 0 Å². The third kappa shape index (κ3) is 3.23. The van der Waals surface area contributed by atoms with Gasteiger partial charge in [0.1, 0.15) is 17.6 Å². The van der Waals surface area contributed by atoms with Crippen LogP contribution in [0.4, 0.5) is 0 Å². The zero-order chi connectivity index (χ0) is 22.1. The molecule has 3 aliphatic rings. The first kappa shape index (κ1) is 23.0. The Labute approximate surface area is 178 Å². The lowest BCUT2D eigenvalue weighted by molar-refractivity contribution is -0.161. The SMILES string of the molecule is CCCCNC(=O)C1N([C@@H](CC)CO)C(=O)[C@@H]2[C@H](C(=O)OCC)[C@]3(CC)CCC12O3. The standard InChI is InChI=1S/C22H36N2O6/c1-5-9-12-23-18(26)17-22-11-10-21(7-3,30-22)16(20(28)29-8-4)15(22)19(27)24(17)14(6-2)13-25/h14-17,25H,5-13H2,1-4H3,(H,23,26)/t14-,15-,16+,17?,21-,22?/m0/s1. The minimum Gasteiger partial charge on any atom is -0.466 e. The Morgan fingerprint density at radius 1 is 1.30 bits per heavy atom. The van der Waals surface area contributed by atoms with Crippen LogP contribution in [0.1, 0.15) is 66.2 Å². The Morgan fingerprint density at radius 2 is 2.03 bits per heavy atom. The third-order valence-electron chi connectivity index (χ3n) is 7.31. The first-order valence-corrected chi connectivity index (χ1v) is 11.4. The lowest BCUT2D eigenvalue weighted by Crippen LogP contribution is -2.58. The molecule has 6 atom stereocenters.